The number of piperazine rings is 1. The lowest BCUT2D eigenvalue weighted by Crippen LogP contribution is -2.49. The number of anilines is 1. The van der Waals surface area contributed by atoms with Crippen LogP contribution in [0.1, 0.15) is 49.7 Å². The van der Waals surface area contributed by atoms with Gasteiger partial charge in [-0.1, -0.05) is 12.8 Å². The molecule has 7 heteroatoms. The highest BCUT2D eigenvalue weighted by Gasteiger charge is 2.29. The van der Waals surface area contributed by atoms with Gasteiger partial charge in [0.05, 0.1) is 12.5 Å². The molecule has 31 heavy (non-hydrogen) atoms. The number of benzene rings is 1. The Bertz CT molecular complexity index is 796. The summed E-state index contributed by atoms with van der Waals surface area (Å²) < 4.78 is 19.8. The summed E-state index contributed by atoms with van der Waals surface area (Å²) >= 11 is 0. The Balaban J connectivity index is 1.35. The first-order chi connectivity index (χ1) is 15.0. The van der Waals surface area contributed by atoms with Crippen molar-refractivity contribution in [3.8, 4) is 0 Å². The summed E-state index contributed by atoms with van der Waals surface area (Å²) in [5.41, 5.74) is 2.32. The summed E-state index contributed by atoms with van der Waals surface area (Å²) in [5.74, 6) is -0.0805. The zero-order valence-electron chi connectivity index (χ0n) is 18.5. The molecule has 1 aromatic carbocycles. The van der Waals surface area contributed by atoms with Crippen LogP contribution in [-0.2, 0) is 20.9 Å². The molecule has 3 fully saturated rings. The van der Waals surface area contributed by atoms with E-state index in [1.165, 1.54) is 18.9 Å². The van der Waals surface area contributed by atoms with E-state index in [0.717, 1.165) is 63.0 Å². The number of carbonyl (C=O) groups excluding carboxylic acids is 2. The molecule has 3 aliphatic rings. The van der Waals surface area contributed by atoms with Gasteiger partial charge < -0.3 is 15.0 Å². The second-order valence-corrected chi connectivity index (χ2v) is 9.22. The quantitative estimate of drug-likeness (QED) is 0.777. The molecule has 1 aromatic rings. The molecule has 0 bridgehead atoms. The van der Waals surface area contributed by atoms with Crippen LogP contribution in [0.2, 0.25) is 0 Å². The Morgan fingerprint density at radius 1 is 1.06 bits per heavy atom. The van der Waals surface area contributed by atoms with Crippen molar-refractivity contribution in [2.45, 2.75) is 52.0 Å². The minimum Gasteiger partial charge on any atom is -0.381 e. The maximum atomic E-state index is 14.3. The summed E-state index contributed by atoms with van der Waals surface area (Å²) in [5, 5.41) is 2.92. The maximum Gasteiger partial charge on any atom is 0.229 e. The van der Waals surface area contributed by atoms with E-state index in [0.29, 0.717) is 31.4 Å². The molecule has 0 radical (unpaired) electrons. The number of hydrogen-bond donors (Lipinski definition) is 1. The number of ether oxygens (including phenoxy) is 1. The zero-order chi connectivity index (χ0) is 21.8. The van der Waals surface area contributed by atoms with Gasteiger partial charge in [0.25, 0.3) is 0 Å². The van der Waals surface area contributed by atoms with Crippen molar-refractivity contribution in [1.82, 2.24) is 9.80 Å². The van der Waals surface area contributed by atoms with Gasteiger partial charge in [0.15, 0.2) is 0 Å². The SMILES string of the molecule is Cc1c(CN2CCN(C(=O)C3CCCC3)CC2)cc(F)cc1NC(=O)C1CCCOC1. The van der Waals surface area contributed by atoms with Crippen LogP contribution in [-0.4, -0.2) is 61.0 Å². The number of nitrogens with one attached hydrogen (secondary N) is 1. The molecular weight excluding hydrogens is 397 g/mol. The molecule has 1 saturated carbocycles. The van der Waals surface area contributed by atoms with Crippen molar-refractivity contribution in [2.24, 2.45) is 11.8 Å². The highest BCUT2D eigenvalue weighted by Crippen LogP contribution is 2.28. The topological polar surface area (TPSA) is 61.9 Å². The number of hydrogen-bond acceptors (Lipinski definition) is 4. The highest BCUT2D eigenvalue weighted by molar-refractivity contribution is 5.93. The summed E-state index contributed by atoms with van der Waals surface area (Å²) in [6.45, 7) is 6.71. The van der Waals surface area contributed by atoms with Crippen LogP contribution in [0.15, 0.2) is 12.1 Å². The first kappa shape index (κ1) is 22.2. The van der Waals surface area contributed by atoms with Gasteiger partial charge >= 0.3 is 0 Å². The molecule has 1 N–H and O–H groups in total. The van der Waals surface area contributed by atoms with Crippen molar-refractivity contribution in [1.29, 1.82) is 0 Å². The van der Waals surface area contributed by atoms with E-state index >= 15 is 0 Å². The fourth-order valence-electron chi connectivity index (χ4n) is 5.01. The lowest BCUT2D eigenvalue weighted by atomic mass is 10.00. The van der Waals surface area contributed by atoms with Gasteiger partial charge in [-0.05, 0) is 55.9 Å². The van der Waals surface area contributed by atoms with Crippen LogP contribution in [0.5, 0.6) is 0 Å². The third-order valence-electron chi connectivity index (χ3n) is 7.05. The number of rotatable bonds is 5. The number of amides is 2. The molecule has 1 unspecified atom stereocenters. The molecule has 0 aromatic heterocycles. The van der Waals surface area contributed by atoms with Crippen LogP contribution < -0.4 is 5.32 Å². The second-order valence-electron chi connectivity index (χ2n) is 9.22. The van der Waals surface area contributed by atoms with Gasteiger partial charge in [-0.3, -0.25) is 14.5 Å². The molecule has 170 valence electrons. The molecule has 6 nitrogen and oxygen atoms in total. The lowest BCUT2D eigenvalue weighted by Gasteiger charge is -2.36. The van der Waals surface area contributed by atoms with Crippen molar-refractivity contribution in [3.63, 3.8) is 0 Å². The van der Waals surface area contributed by atoms with Crippen LogP contribution in [0.4, 0.5) is 10.1 Å². The van der Waals surface area contributed by atoms with Crippen molar-refractivity contribution < 1.29 is 18.7 Å². The van der Waals surface area contributed by atoms with E-state index in [1.54, 1.807) is 6.07 Å². The fourth-order valence-corrected chi connectivity index (χ4v) is 5.01. The van der Waals surface area contributed by atoms with Crippen molar-refractivity contribution in [3.05, 3.63) is 29.1 Å². The van der Waals surface area contributed by atoms with Crippen molar-refractivity contribution >= 4 is 17.5 Å². The number of nitrogens with zero attached hydrogens (tertiary/aromatic N) is 2. The first-order valence-corrected chi connectivity index (χ1v) is 11.7. The largest absolute Gasteiger partial charge is 0.381 e. The predicted octanol–water partition coefficient (Wildman–Crippen LogP) is 3.33. The average Bonchev–Trinajstić information content (AvgIpc) is 3.32. The fraction of sp³-hybridized carbons (Fsp3) is 0.667. The molecular formula is C24H34FN3O3. The third-order valence-corrected chi connectivity index (χ3v) is 7.05. The molecule has 2 heterocycles. The van der Waals surface area contributed by atoms with E-state index in [-0.39, 0.29) is 23.6 Å². The smallest absolute Gasteiger partial charge is 0.229 e. The van der Waals surface area contributed by atoms with E-state index in [2.05, 4.69) is 10.2 Å². The molecule has 2 aliphatic heterocycles. The number of halogens is 1. The normalized spacial score (nSPS) is 23.2. The molecule has 2 saturated heterocycles. The highest BCUT2D eigenvalue weighted by atomic mass is 19.1. The predicted molar refractivity (Wildman–Crippen MR) is 117 cm³/mol. The van der Waals surface area contributed by atoms with Gasteiger partial charge in [0.2, 0.25) is 11.8 Å². The Kier molecular flexibility index (Phi) is 7.23. The van der Waals surface area contributed by atoms with Crippen molar-refractivity contribution in [2.75, 3.05) is 44.7 Å². The van der Waals surface area contributed by atoms with Crippen LogP contribution >= 0.6 is 0 Å². The third kappa shape index (κ3) is 5.44. The average molecular weight is 432 g/mol. The van der Waals surface area contributed by atoms with Crippen LogP contribution in [0, 0.1) is 24.6 Å². The first-order valence-electron chi connectivity index (χ1n) is 11.7. The summed E-state index contributed by atoms with van der Waals surface area (Å²) in [6, 6.07) is 2.96. The molecule has 1 aliphatic carbocycles. The van der Waals surface area contributed by atoms with Gasteiger partial charge in [-0.25, -0.2) is 4.39 Å². The summed E-state index contributed by atoms with van der Waals surface area (Å²) in [7, 11) is 0. The number of carbonyl (C=O) groups is 2. The Hall–Kier alpha value is -1.99. The monoisotopic (exact) mass is 431 g/mol. The Morgan fingerprint density at radius 3 is 2.45 bits per heavy atom. The zero-order valence-corrected chi connectivity index (χ0v) is 18.5. The molecule has 0 spiro atoms. The van der Waals surface area contributed by atoms with Gasteiger partial charge in [-0.15, -0.1) is 0 Å². The summed E-state index contributed by atoms with van der Waals surface area (Å²) in [4.78, 5) is 29.5. The van der Waals surface area contributed by atoms with Gasteiger partial charge in [0, 0.05) is 50.9 Å². The van der Waals surface area contributed by atoms with E-state index < -0.39 is 0 Å². The molecule has 2 amide bonds. The molecule has 1 atom stereocenters. The van der Waals surface area contributed by atoms with Crippen LogP contribution in [0.3, 0.4) is 0 Å². The Morgan fingerprint density at radius 2 is 1.77 bits per heavy atom. The van der Waals surface area contributed by atoms with E-state index in [4.69, 9.17) is 4.74 Å². The van der Waals surface area contributed by atoms with Crippen LogP contribution in [0.25, 0.3) is 0 Å². The minimum absolute atomic E-state index is 0.0987. The van der Waals surface area contributed by atoms with Gasteiger partial charge in [-0.2, -0.15) is 0 Å². The van der Waals surface area contributed by atoms with Gasteiger partial charge in [0.1, 0.15) is 5.82 Å². The van der Waals surface area contributed by atoms with E-state index in [9.17, 15) is 14.0 Å². The summed E-state index contributed by atoms with van der Waals surface area (Å²) in [6.07, 6.45) is 6.08. The maximum absolute atomic E-state index is 14.3. The van der Waals surface area contributed by atoms with E-state index in [1.807, 2.05) is 11.8 Å². The molecule has 4 rings (SSSR count). The standard InChI is InChI=1S/C24H34FN3O3/c1-17-20(13-21(25)14-22(17)26-23(29)19-7-4-12-31-16-19)15-27-8-10-28(11-9-27)24(30)18-5-2-3-6-18/h13-14,18-19H,2-12,15-16H2,1H3,(H,26,29). The Labute approximate surface area is 184 Å². The lowest BCUT2D eigenvalue weighted by molar-refractivity contribution is -0.137. The minimum atomic E-state index is -0.342. The second kappa shape index (κ2) is 10.1.